The van der Waals surface area contributed by atoms with E-state index in [4.69, 9.17) is 14.3 Å². The highest BCUT2D eigenvalue weighted by atomic mass is 16.5. The van der Waals surface area contributed by atoms with E-state index < -0.39 is 17.7 Å². The molecule has 7 nitrogen and oxygen atoms in total. The zero-order valence-corrected chi connectivity index (χ0v) is 14.4. The van der Waals surface area contributed by atoms with Crippen LogP contribution in [0.1, 0.15) is 30.9 Å². The Bertz CT molecular complexity index is 855. The van der Waals surface area contributed by atoms with Gasteiger partial charge in [0.25, 0.3) is 5.91 Å². The number of ether oxygens (including phenoxy) is 1. The van der Waals surface area contributed by atoms with Gasteiger partial charge < -0.3 is 19.6 Å². The van der Waals surface area contributed by atoms with Crippen LogP contribution in [0.3, 0.4) is 0 Å². The van der Waals surface area contributed by atoms with Gasteiger partial charge in [0.15, 0.2) is 6.10 Å². The normalized spacial score (nSPS) is 12.0. The average molecular weight is 347 g/mol. The average Bonchev–Trinajstić information content (AvgIpc) is 2.56. The molecule has 1 atom stereocenters. The maximum absolute atomic E-state index is 12.0. The van der Waals surface area contributed by atoms with Crippen molar-refractivity contribution in [2.24, 2.45) is 0 Å². The lowest BCUT2D eigenvalue weighted by molar-refractivity contribution is -0.137. The van der Waals surface area contributed by atoms with Gasteiger partial charge in [-0.1, -0.05) is 0 Å². The van der Waals surface area contributed by atoms with Gasteiger partial charge >= 0.3 is 11.6 Å². The highest BCUT2D eigenvalue weighted by Crippen LogP contribution is 2.24. The molecule has 0 fully saturated rings. The number of amides is 1. The molecule has 1 amide bonds. The SMILES string of the molecule is Cc1c(C)c2ccc(O[C@H](C)C(=O)NCCCC(=O)O)cc2oc1=O. The summed E-state index contributed by atoms with van der Waals surface area (Å²) in [5.41, 5.74) is 1.42. The highest BCUT2D eigenvalue weighted by molar-refractivity contribution is 5.83. The molecule has 2 N–H and O–H groups in total. The number of carboxylic acid groups (broad SMARTS) is 1. The number of rotatable bonds is 7. The molecular formula is C18H21NO6. The van der Waals surface area contributed by atoms with E-state index in [-0.39, 0.29) is 18.9 Å². The summed E-state index contributed by atoms with van der Waals surface area (Å²) >= 11 is 0. The third-order valence-electron chi connectivity index (χ3n) is 3.98. The van der Waals surface area contributed by atoms with Crippen LogP contribution in [0.2, 0.25) is 0 Å². The summed E-state index contributed by atoms with van der Waals surface area (Å²) in [6.07, 6.45) is -0.411. The van der Waals surface area contributed by atoms with Crippen LogP contribution in [0.5, 0.6) is 5.75 Å². The van der Waals surface area contributed by atoms with Crippen molar-refractivity contribution in [1.82, 2.24) is 5.32 Å². The second-order valence-corrected chi connectivity index (χ2v) is 5.85. The van der Waals surface area contributed by atoms with Crippen LogP contribution in [-0.2, 0) is 9.59 Å². The molecule has 0 aliphatic rings. The minimum absolute atomic E-state index is 0.00199. The molecule has 1 aromatic carbocycles. The number of hydrogen-bond donors (Lipinski definition) is 2. The van der Waals surface area contributed by atoms with E-state index in [9.17, 15) is 14.4 Å². The first kappa shape index (κ1) is 18.5. The minimum atomic E-state index is -0.901. The number of hydrogen-bond acceptors (Lipinski definition) is 5. The molecule has 0 bridgehead atoms. The van der Waals surface area contributed by atoms with Crippen LogP contribution >= 0.6 is 0 Å². The predicted molar refractivity (Wildman–Crippen MR) is 91.9 cm³/mol. The molecule has 134 valence electrons. The minimum Gasteiger partial charge on any atom is -0.481 e. The van der Waals surface area contributed by atoms with Gasteiger partial charge in [0.05, 0.1) is 0 Å². The van der Waals surface area contributed by atoms with Crippen molar-refractivity contribution in [2.45, 2.75) is 39.7 Å². The standard InChI is InChI=1S/C18H21NO6/c1-10-11(2)18(23)25-15-9-13(6-7-14(10)15)24-12(3)17(22)19-8-4-5-16(20)21/h6-7,9,12H,4-5,8H2,1-3H3,(H,19,22)(H,20,21)/t12-/m1/s1. The fraction of sp³-hybridized carbons (Fsp3) is 0.389. The van der Waals surface area contributed by atoms with Crippen LogP contribution in [-0.4, -0.2) is 29.6 Å². The summed E-state index contributed by atoms with van der Waals surface area (Å²) in [6.45, 7) is 5.42. The fourth-order valence-corrected chi connectivity index (χ4v) is 2.35. The Morgan fingerprint density at radius 3 is 2.68 bits per heavy atom. The van der Waals surface area contributed by atoms with E-state index in [1.165, 1.54) is 0 Å². The number of fused-ring (bicyclic) bond motifs is 1. The van der Waals surface area contributed by atoms with Gasteiger partial charge in [-0.3, -0.25) is 9.59 Å². The molecule has 1 heterocycles. The smallest absolute Gasteiger partial charge is 0.339 e. The molecule has 7 heteroatoms. The number of carboxylic acids is 1. The van der Waals surface area contributed by atoms with Gasteiger partial charge in [-0.2, -0.15) is 0 Å². The highest BCUT2D eigenvalue weighted by Gasteiger charge is 2.15. The number of aryl methyl sites for hydroxylation is 1. The molecule has 0 aliphatic carbocycles. The molecular weight excluding hydrogens is 326 g/mol. The van der Waals surface area contributed by atoms with E-state index in [0.717, 1.165) is 10.9 Å². The molecule has 0 saturated carbocycles. The monoisotopic (exact) mass is 347 g/mol. The Balaban J connectivity index is 2.04. The number of carbonyl (C=O) groups excluding carboxylic acids is 1. The summed E-state index contributed by atoms with van der Waals surface area (Å²) in [5, 5.41) is 12.0. The third-order valence-corrected chi connectivity index (χ3v) is 3.98. The van der Waals surface area contributed by atoms with E-state index >= 15 is 0 Å². The summed E-state index contributed by atoms with van der Waals surface area (Å²) in [6, 6.07) is 5.08. The van der Waals surface area contributed by atoms with Crippen molar-refractivity contribution in [3.63, 3.8) is 0 Å². The van der Waals surface area contributed by atoms with Gasteiger partial charge in [0.1, 0.15) is 11.3 Å². The first-order valence-corrected chi connectivity index (χ1v) is 8.00. The zero-order chi connectivity index (χ0) is 18.6. The van der Waals surface area contributed by atoms with Crippen molar-refractivity contribution < 1.29 is 23.8 Å². The first-order chi connectivity index (χ1) is 11.8. The lowest BCUT2D eigenvalue weighted by Crippen LogP contribution is -2.36. The first-order valence-electron chi connectivity index (χ1n) is 8.00. The van der Waals surface area contributed by atoms with Crippen LogP contribution in [0.15, 0.2) is 27.4 Å². The predicted octanol–water partition coefficient (Wildman–Crippen LogP) is 2.16. The zero-order valence-electron chi connectivity index (χ0n) is 14.4. The van der Waals surface area contributed by atoms with Gasteiger partial charge in [-0.05, 0) is 44.9 Å². The molecule has 0 radical (unpaired) electrons. The van der Waals surface area contributed by atoms with Crippen LogP contribution in [0.25, 0.3) is 11.0 Å². The molecule has 0 unspecified atom stereocenters. The maximum Gasteiger partial charge on any atom is 0.339 e. The van der Waals surface area contributed by atoms with Crippen molar-refractivity contribution in [2.75, 3.05) is 6.54 Å². The van der Waals surface area contributed by atoms with Crippen LogP contribution in [0, 0.1) is 13.8 Å². The van der Waals surface area contributed by atoms with Crippen LogP contribution in [0.4, 0.5) is 0 Å². The van der Waals surface area contributed by atoms with E-state index in [2.05, 4.69) is 5.32 Å². The Morgan fingerprint density at radius 2 is 2.00 bits per heavy atom. The van der Waals surface area contributed by atoms with E-state index in [1.807, 2.05) is 6.92 Å². The van der Waals surface area contributed by atoms with Crippen molar-refractivity contribution in [3.8, 4) is 5.75 Å². The Labute approximate surface area is 144 Å². The van der Waals surface area contributed by atoms with Crippen molar-refractivity contribution in [1.29, 1.82) is 0 Å². The lowest BCUT2D eigenvalue weighted by Gasteiger charge is -2.15. The number of nitrogens with one attached hydrogen (secondary N) is 1. The second-order valence-electron chi connectivity index (χ2n) is 5.85. The van der Waals surface area contributed by atoms with Crippen molar-refractivity contribution >= 4 is 22.8 Å². The van der Waals surface area contributed by atoms with Gasteiger partial charge in [0.2, 0.25) is 0 Å². The topological polar surface area (TPSA) is 106 Å². The molecule has 0 saturated heterocycles. The molecule has 1 aromatic heterocycles. The Hall–Kier alpha value is -2.83. The summed E-state index contributed by atoms with van der Waals surface area (Å²) in [7, 11) is 0. The van der Waals surface area contributed by atoms with Gasteiger partial charge in [-0.25, -0.2) is 4.79 Å². The van der Waals surface area contributed by atoms with Crippen LogP contribution < -0.4 is 15.7 Å². The van der Waals surface area contributed by atoms with Gasteiger partial charge in [0, 0.05) is 30.0 Å². The molecule has 0 spiro atoms. The summed E-state index contributed by atoms with van der Waals surface area (Å²) in [4.78, 5) is 34.2. The number of aliphatic carboxylic acids is 1. The third kappa shape index (κ3) is 4.59. The Kier molecular flexibility index (Phi) is 5.80. The lowest BCUT2D eigenvalue weighted by atomic mass is 10.1. The Morgan fingerprint density at radius 1 is 1.28 bits per heavy atom. The summed E-state index contributed by atoms with van der Waals surface area (Å²) < 4.78 is 10.8. The molecule has 25 heavy (non-hydrogen) atoms. The fourth-order valence-electron chi connectivity index (χ4n) is 2.35. The van der Waals surface area contributed by atoms with Gasteiger partial charge in [-0.15, -0.1) is 0 Å². The number of benzene rings is 1. The molecule has 2 aromatic rings. The van der Waals surface area contributed by atoms with E-state index in [0.29, 0.717) is 23.3 Å². The summed E-state index contributed by atoms with van der Waals surface area (Å²) in [5.74, 6) is -0.833. The molecule has 2 rings (SSSR count). The largest absolute Gasteiger partial charge is 0.481 e. The molecule has 0 aliphatic heterocycles. The quantitative estimate of drug-likeness (QED) is 0.587. The van der Waals surface area contributed by atoms with E-state index in [1.54, 1.807) is 32.0 Å². The maximum atomic E-state index is 12.0. The number of carbonyl (C=O) groups is 2. The second kappa shape index (κ2) is 7.83. The van der Waals surface area contributed by atoms with Crippen molar-refractivity contribution in [3.05, 3.63) is 39.7 Å².